The maximum absolute atomic E-state index is 5.73. The predicted octanol–water partition coefficient (Wildman–Crippen LogP) is 4.36. The molecule has 2 atom stereocenters. The molecule has 4 heterocycles. The first-order valence-electron chi connectivity index (χ1n) is 8.67. The molecule has 2 aliphatic rings. The molecule has 136 valence electrons. The number of pyridine rings is 1. The van der Waals surface area contributed by atoms with Crippen LogP contribution in [0.15, 0.2) is 54.7 Å². The quantitative estimate of drug-likeness (QED) is 0.665. The van der Waals surface area contributed by atoms with Crippen molar-refractivity contribution in [2.75, 3.05) is 11.7 Å². The molecule has 0 bridgehead atoms. The summed E-state index contributed by atoms with van der Waals surface area (Å²) in [6.07, 6.45) is 1.82. The Morgan fingerprint density at radius 1 is 1.15 bits per heavy atom. The standard InChI is InChI=1S/C20H17N3O2S2/c1-12-5-8-17(27-12)19-18(14-4-2-3-9-21-14)22-20(26)23(19)13-6-7-15-16(10-13)25-11-24-15/h2-10,18-19H,11H2,1H3,(H,22,26)/t18-,19+/m0/s1. The third-order valence-electron chi connectivity index (χ3n) is 4.79. The smallest absolute Gasteiger partial charge is 0.231 e. The van der Waals surface area contributed by atoms with E-state index in [9.17, 15) is 0 Å². The van der Waals surface area contributed by atoms with E-state index in [0.29, 0.717) is 5.11 Å². The second-order valence-corrected chi connectivity index (χ2v) is 8.19. The Hall–Kier alpha value is -2.64. The minimum absolute atomic E-state index is 0.0199. The lowest BCUT2D eigenvalue weighted by atomic mass is 10.0. The maximum Gasteiger partial charge on any atom is 0.231 e. The first kappa shape index (κ1) is 16.5. The molecule has 0 amide bonds. The van der Waals surface area contributed by atoms with Crippen LogP contribution in [-0.4, -0.2) is 16.9 Å². The zero-order valence-electron chi connectivity index (χ0n) is 14.6. The number of aromatic nitrogens is 1. The van der Waals surface area contributed by atoms with Crippen molar-refractivity contribution in [3.05, 3.63) is 70.2 Å². The number of anilines is 1. The average molecular weight is 396 g/mol. The van der Waals surface area contributed by atoms with E-state index in [1.54, 1.807) is 11.3 Å². The molecule has 0 saturated carbocycles. The summed E-state index contributed by atoms with van der Waals surface area (Å²) < 4.78 is 11.0. The second-order valence-electron chi connectivity index (χ2n) is 6.48. The summed E-state index contributed by atoms with van der Waals surface area (Å²) in [4.78, 5) is 9.24. The highest BCUT2D eigenvalue weighted by Crippen LogP contribution is 2.45. The fraction of sp³-hybridized carbons (Fsp3) is 0.200. The van der Waals surface area contributed by atoms with Crippen LogP contribution in [0.4, 0.5) is 5.69 Å². The van der Waals surface area contributed by atoms with E-state index in [1.807, 2.05) is 42.6 Å². The van der Waals surface area contributed by atoms with Crippen molar-refractivity contribution in [1.82, 2.24) is 10.3 Å². The molecule has 0 unspecified atom stereocenters. The van der Waals surface area contributed by atoms with Crippen LogP contribution < -0.4 is 19.7 Å². The summed E-state index contributed by atoms with van der Waals surface area (Å²) in [5, 5.41) is 4.15. The molecule has 1 saturated heterocycles. The topological polar surface area (TPSA) is 46.6 Å². The van der Waals surface area contributed by atoms with Crippen LogP contribution in [0.2, 0.25) is 0 Å². The van der Waals surface area contributed by atoms with Crippen LogP contribution >= 0.6 is 23.6 Å². The minimum atomic E-state index is -0.0258. The van der Waals surface area contributed by atoms with Gasteiger partial charge in [0.25, 0.3) is 0 Å². The van der Waals surface area contributed by atoms with Gasteiger partial charge >= 0.3 is 0 Å². The van der Waals surface area contributed by atoms with E-state index in [0.717, 1.165) is 22.9 Å². The van der Waals surface area contributed by atoms with E-state index in [1.165, 1.54) is 9.75 Å². The summed E-state index contributed by atoms with van der Waals surface area (Å²) in [7, 11) is 0. The maximum atomic E-state index is 5.73. The fourth-order valence-corrected chi connectivity index (χ4v) is 4.92. The van der Waals surface area contributed by atoms with Gasteiger partial charge in [0.1, 0.15) is 0 Å². The highest BCUT2D eigenvalue weighted by molar-refractivity contribution is 7.80. The van der Waals surface area contributed by atoms with Crippen LogP contribution in [0.25, 0.3) is 0 Å². The number of nitrogens with one attached hydrogen (secondary N) is 1. The highest BCUT2D eigenvalue weighted by Gasteiger charge is 2.41. The SMILES string of the molecule is Cc1ccc([C@@H]2[C@H](c3ccccn3)NC(=S)N2c2ccc3c(c2)OCO3)s1. The number of rotatable bonds is 3. The molecule has 1 aromatic carbocycles. The monoisotopic (exact) mass is 395 g/mol. The number of benzene rings is 1. The van der Waals surface area contributed by atoms with Crippen molar-refractivity contribution >= 4 is 34.4 Å². The summed E-state index contributed by atoms with van der Waals surface area (Å²) in [6, 6.07) is 16.2. The van der Waals surface area contributed by atoms with Gasteiger partial charge in [0, 0.05) is 27.7 Å². The number of fused-ring (bicyclic) bond motifs is 1. The van der Waals surface area contributed by atoms with Gasteiger partial charge in [-0.15, -0.1) is 11.3 Å². The van der Waals surface area contributed by atoms with E-state index < -0.39 is 0 Å². The van der Waals surface area contributed by atoms with Gasteiger partial charge in [0.05, 0.1) is 17.8 Å². The Kier molecular flexibility index (Phi) is 3.98. The number of hydrogen-bond acceptors (Lipinski definition) is 5. The molecule has 27 heavy (non-hydrogen) atoms. The Balaban J connectivity index is 1.61. The molecule has 0 spiro atoms. The lowest BCUT2D eigenvalue weighted by Gasteiger charge is -2.27. The van der Waals surface area contributed by atoms with Crippen LogP contribution in [0.5, 0.6) is 11.5 Å². The fourth-order valence-electron chi connectivity index (χ4n) is 3.57. The van der Waals surface area contributed by atoms with Crippen molar-refractivity contribution < 1.29 is 9.47 Å². The normalized spacial score (nSPS) is 20.8. The van der Waals surface area contributed by atoms with E-state index in [-0.39, 0.29) is 18.9 Å². The van der Waals surface area contributed by atoms with Gasteiger partial charge in [-0.25, -0.2) is 0 Å². The molecule has 0 radical (unpaired) electrons. The van der Waals surface area contributed by atoms with Crippen molar-refractivity contribution in [1.29, 1.82) is 0 Å². The lowest BCUT2D eigenvalue weighted by molar-refractivity contribution is 0.174. The van der Waals surface area contributed by atoms with E-state index in [2.05, 4.69) is 34.3 Å². The number of thiophene rings is 1. The zero-order valence-corrected chi connectivity index (χ0v) is 16.2. The number of ether oxygens (including phenoxy) is 2. The molecule has 2 aliphatic heterocycles. The van der Waals surface area contributed by atoms with Crippen molar-refractivity contribution in [3.63, 3.8) is 0 Å². The van der Waals surface area contributed by atoms with E-state index in [4.69, 9.17) is 21.7 Å². The number of nitrogens with zero attached hydrogens (tertiary/aromatic N) is 2. The summed E-state index contributed by atoms with van der Waals surface area (Å²) in [6.45, 7) is 2.38. The van der Waals surface area contributed by atoms with Crippen LogP contribution in [-0.2, 0) is 0 Å². The Bertz CT molecular complexity index is 1010. The first-order valence-corrected chi connectivity index (χ1v) is 9.90. The van der Waals surface area contributed by atoms with Crippen LogP contribution in [0, 0.1) is 6.92 Å². The number of aryl methyl sites for hydroxylation is 1. The lowest BCUT2D eigenvalue weighted by Crippen LogP contribution is -2.29. The largest absolute Gasteiger partial charge is 0.454 e. The van der Waals surface area contributed by atoms with Gasteiger partial charge in [0.15, 0.2) is 16.6 Å². The first-order chi connectivity index (χ1) is 13.2. The average Bonchev–Trinajstić information content (AvgIpc) is 3.39. The van der Waals surface area contributed by atoms with E-state index >= 15 is 0 Å². The van der Waals surface area contributed by atoms with Gasteiger partial charge in [0.2, 0.25) is 6.79 Å². The Labute approximate surface area is 166 Å². The third-order valence-corrected chi connectivity index (χ3v) is 6.17. The minimum Gasteiger partial charge on any atom is -0.454 e. The van der Waals surface area contributed by atoms with Crippen molar-refractivity contribution in [2.24, 2.45) is 0 Å². The van der Waals surface area contributed by atoms with Crippen LogP contribution in [0.1, 0.15) is 27.5 Å². The van der Waals surface area contributed by atoms with Crippen LogP contribution in [0.3, 0.4) is 0 Å². The highest BCUT2D eigenvalue weighted by atomic mass is 32.1. The van der Waals surface area contributed by atoms with Gasteiger partial charge in [-0.05, 0) is 55.5 Å². The molecule has 0 aliphatic carbocycles. The summed E-state index contributed by atoms with van der Waals surface area (Å²) in [5.41, 5.74) is 1.95. The molecule has 1 N–H and O–H groups in total. The molecule has 5 nitrogen and oxygen atoms in total. The number of thiocarbonyl (C=S) groups is 1. The number of hydrogen-bond donors (Lipinski definition) is 1. The van der Waals surface area contributed by atoms with Crippen molar-refractivity contribution in [3.8, 4) is 11.5 Å². The van der Waals surface area contributed by atoms with Gasteiger partial charge in [-0.2, -0.15) is 0 Å². The Morgan fingerprint density at radius 2 is 2.04 bits per heavy atom. The Morgan fingerprint density at radius 3 is 2.81 bits per heavy atom. The predicted molar refractivity (Wildman–Crippen MR) is 110 cm³/mol. The molecule has 1 fully saturated rings. The second kappa shape index (κ2) is 6.51. The third kappa shape index (κ3) is 2.83. The molecule has 5 rings (SSSR count). The molecular formula is C20H17N3O2S2. The molecule has 3 aromatic rings. The van der Waals surface area contributed by atoms with Gasteiger partial charge in [-0.1, -0.05) is 6.07 Å². The molecular weight excluding hydrogens is 378 g/mol. The summed E-state index contributed by atoms with van der Waals surface area (Å²) in [5.74, 6) is 1.51. The zero-order chi connectivity index (χ0) is 18.4. The molecule has 7 heteroatoms. The summed E-state index contributed by atoms with van der Waals surface area (Å²) >= 11 is 7.52. The van der Waals surface area contributed by atoms with Crippen molar-refractivity contribution in [2.45, 2.75) is 19.0 Å². The van der Waals surface area contributed by atoms with Gasteiger partial charge in [-0.3, -0.25) is 4.98 Å². The molecule has 2 aromatic heterocycles. The van der Waals surface area contributed by atoms with Gasteiger partial charge < -0.3 is 19.7 Å².